The lowest BCUT2D eigenvalue weighted by Gasteiger charge is -2.11. The third-order valence-corrected chi connectivity index (χ3v) is 12.6. The second kappa shape index (κ2) is 20.6. The molecule has 0 bridgehead atoms. The predicted octanol–water partition coefficient (Wildman–Crippen LogP) is 6.06. The van der Waals surface area contributed by atoms with E-state index in [1.165, 1.54) is 61.5 Å². The molecule has 0 fully saturated rings. The predicted molar refractivity (Wildman–Crippen MR) is 244 cm³/mol. The fraction of sp³-hybridized carbons (Fsp3) is 0.233. The molecule has 4 heterocycles. The van der Waals surface area contributed by atoms with Crippen LogP contribution < -0.4 is 33.0 Å². The summed E-state index contributed by atoms with van der Waals surface area (Å²) in [4.78, 5) is 87.1. The molecule has 6 N–H and O–H groups in total. The molecule has 2 aromatic carbocycles. The number of aryl methyl sites for hydroxylation is 2. The van der Waals surface area contributed by atoms with Crippen LogP contribution in [0.25, 0.3) is 11.4 Å². The highest BCUT2D eigenvalue weighted by atomic mass is 35.5. The number of anilines is 2. The van der Waals surface area contributed by atoms with Gasteiger partial charge < -0.3 is 27.0 Å². The third-order valence-electron chi connectivity index (χ3n) is 9.69. The van der Waals surface area contributed by atoms with E-state index in [0.717, 1.165) is 78.7 Å². The molecule has 0 radical (unpaired) electrons. The maximum absolute atomic E-state index is 12.8. The summed E-state index contributed by atoms with van der Waals surface area (Å²) in [6.07, 6.45) is 10.9. The number of fused-ring (bicyclic) bond motifs is 2. The standard InChI is InChI=1S/2C20H17ClN4O3S.C3H7NO/c2*21-11-4-3-5-12(10-11)25-9-8-14(26)17(24-25)19(28)23-20-16(18(22)27)13-6-1-2-7-15(13)29-20;1-4(2)3-5/h2*3-5,8-10H,1-2,6-7H2,(H2,22,27)(H,23,28);3H,1-2H3. The second-order valence-corrected chi connectivity index (χ2v) is 17.5. The third kappa shape index (κ3) is 11.1. The molecule has 5 amide bonds. The number of aromatic nitrogens is 4. The molecule has 0 unspecified atom stereocenters. The van der Waals surface area contributed by atoms with Crippen LogP contribution in [0.5, 0.6) is 0 Å². The van der Waals surface area contributed by atoms with Gasteiger partial charge in [-0.3, -0.25) is 33.6 Å². The summed E-state index contributed by atoms with van der Waals surface area (Å²) in [5, 5.41) is 15.4. The van der Waals surface area contributed by atoms with Gasteiger partial charge in [0.05, 0.1) is 22.5 Å². The molecule has 20 heteroatoms. The quantitative estimate of drug-likeness (QED) is 0.123. The zero-order valence-electron chi connectivity index (χ0n) is 34.0. The maximum atomic E-state index is 12.8. The largest absolute Gasteiger partial charge is 0.365 e. The summed E-state index contributed by atoms with van der Waals surface area (Å²) in [5.41, 5.74) is 13.2. The Morgan fingerprint density at radius 3 is 1.40 bits per heavy atom. The first-order valence-corrected chi connectivity index (χ1v) is 21.9. The van der Waals surface area contributed by atoms with Crippen LogP contribution in [0.1, 0.15) is 88.3 Å². The number of nitrogens with zero attached hydrogens (tertiary/aromatic N) is 5. The zero-order chi connectivity index (χ0) is 45.4. The average molecular weight is 931 g/mol. The van der Waals surface area contributed by atoms with Gasteiger partial charge in [0.2, 0.25) is 17.3 Å². The zero-order valence-corrected chi connectivity index (χ0v) is 37.1. The van der Waals surface area contributed by atoms with Crippen molar-refractivity contribution >= 4 is 85.9 Å². The Labute approximate surface area is 378 Å². The van der Waals surface area contributed by atoms with Crippen molar-refractivity contribution in [2.75, 3.05) is 24.7 Å². The van der Waals surface area contributed by atoms with Crippen LogP contribution in [-0.2, 0) is 30.5 Å². The molecule has 0 saturated carbocycles. The van der Waals surface area contributed by atoms with Gasteiger partial charge in [0.1, 0.15) is 10.0 Å². The highest BCUT2D eigenvalue weighted by molar-refractivity contribution is 7.17. The number of thiophene rings is 2. The van der Waals surface area contributed by atoms with E-state index in [1.54, 1.807) is 62.6 Å². The monoisotopic (exact) mass is 929 g/mol. The highest BCUT2D eigenvalue weighted by Crippen LogP contribution is 2.39. The molecular weight excluding hydrogens is 890 g/mol. The van der Waals surface area contributed by atoms with Gasteiger partial charge in [-0.25, -0.2) is 9.36 Å². The topological polar surface area (TPSA) is 234 Å². The van der Waals surface area contributed by atoms with E-state index in [0.29, 0.717) is 42.5 Å². The minimum atomic E-state index is -0.688. The molecule has 2 aliphatic rings. The number of hydrogen-bond donors (Lipinski definition) is 4. The van der Waals surface area contributed by atoms with Crippen molar-refractivity contribution in [3.05, 3.63) is 147 Å². The molecule has 2 aliphatic carbocycles. The van der Waals surface area contributed by atoms with Gasteiger partial charge in [-0.1, -0.05) is 35.3 Å². The fourth-order valence-corrected chi connectivity index (χ4v) is 9.76. The number of hydrogen-bond acceptors (Lipinski definition) is 11. The molecule has 0 spiro atoms. The Bertz CT molecular complexity index is 2670. The average Bonchev–Trinajstić information content (AvgIpc) is 3.82. The first-order chi connectivity index (χ1) is 30.1. The molecule has 4 aromatic heterocycles. The van der Waals surface area contributed by atoms with E-state index in [-0.39, 0.29) is 11.4 Å². The number of primary amides is 2. The molecular formula is C43H41Cl2N9O7S2. The summed E-state index contributed by atoms with van der Waals surface area (Å²) >= 11 is 14.7. The summed E-state index contributed by atoms with van der Waals surface area (Å²) < 4.78 is 2.80. The second-order valence-electron chi connectivity index (χ2n) is 14.4. The molecule has 0 aliphatic heterocycles. The SMILES string of the molecule is CN(C)C=O.NC(=O)c1c(NC(=O)c2nn(-c3cccc(Cl)c3)ccc2=O)sc2c1CCCC2.NC(=O)c1c(NC(=O)c2nn(-c3cccc(Cl)c3)ccc2=O)sc2c1CCCC2. The number of halogens is 2. The van der Waals surface area contributed by atoms with E-state index >= 15 is 0 Å². The van der Waals surface area contributed by atoms with E-state index in [9.17, 15) is 33.6 Å². The van der Waals surface area contributed by atoms with Crippen molar-refractivity contribution < 1.29 is 24.0 Å². The van der Waals surface area contributed by atoms with Crippen molar-refractivity contribution in [1.82, 2.24) is 24.5 Å². The van der Waals surface area contributed by atoms with Crippen LogP contribution >= 0.6 is 45.9 Å². The van der Waals surface area contributed by atoms with Crippen LogP contribution in [0.15, 0.2) is 82.6 Å². The van der Waals surface area contributed by atoms with E-state index < -0.39 is 34.5 Å². The number of nitrogens with two attached hydrogens (primary N) is 2. The lowest BCUT2D eigenvalue weighted by Crippen LogP contribution is -2.26. The lowest BCUT2D eigenvalue weighted by atomic mass is 9.95. The van der Waals surface area contributed by atoms with Gasteiger partial charge in [-0.05, 0) is 98.9 Å². The van der Waals surface area contributed by atoms with Crippen molar-refractivity contribution in [2.45, 2.75) is 51.4 Å². The minimum absolute atomic E-state index is 0.283. The summed E-state index contributed by atoms with van der Waals surface area (Å²) in [6.45, 7) is 0. The van der Waals surface area contributed by atoms with Gasteiger partial charge in [0.15, 0.2) is 11.4 Å². The first kappa shape index (κ1) is 46.0. The molecule has 16 nitrogen and oxygen atoms in total. The van der Waals surface area contributed by atoms with E-state index in [2.05, 4.69) is 20.8 Å². The Kier molecular flexibility index (Phi) is 15.1. The summed E-state index contributed by atoms with van der Waals surface area (Å²) in [5.74, 6) is -2.55. The van der Waals surface area contributed by atoms with Gasteiger partial charge in [-0.15, -0.1) is 22.7 Å². The van der Waals surface area contributed by atoms with Gasteiger partial charge in [0, 0.05) is 58.4 Å². The van der Waals surface area contributed by atoms with Crippen molar-refractivity contribution in [3.63, 3.8) is 0 Å². The number of amides is 5. The normalized spacial score (nSPS) is 12.5. The first-order valence-electron chi connectivity index (χ1n) is 19.5. The van der Waals surface area contributed by atoms with Crippen LogP contribution in [0.3, 0.4) is 0 Å². The lowest BCUT2D eigenvalue weighted by molar-refractivity contribution is -0.115. The number of carbonyl (C=O) groups excluding carboxylic acids is 5. The fourth-order valence-electron chi connectivity index (χ4n) is 6.81. The van der Waals surface area contributed by atoms with Gasteiger partial charge in [0.25, 0.3) is 23.6 Å². The van der Waals surface area contributed by atoms with Crippen molar-refractivity contribution in [1.29, 1.82) is 0 Å². The molecule has 326 valence electrons. The minimum Gasteiger partial charge on any atom is -0.365 e. The highest BCUT2D eigenvalue weighted by Gasteiger charge is 2.28. The van der Waals surface area contributed by atoms with Crippen molar-refractivity contribution in [3.8, 4) is 11.4 Å². The van der Waals surface area contributed by atoms with E-state index in [1.807, 2.05) is 0 Å². The van der Waals surface area contributed by atoms with Crippen molar-refractivity contribution in [2.24, 2.45) is 11.5 Å². The van der Waals surface area contributed by atoms with Crippen LogP contribution in [0.2, 0.25) is 10.0 Å². The Hall–Kier alpha value is -6.47. The maximum Gasteiger partial charge on any atom is 0.280 e. The van der Waals surface area contributed by atoms with Crippen LogP contribution in [0.4, 0.5) is 10.0 Å². The molecule has 0 saturated heterocycles. The van der Waals surface area contributed by atoms with Gasteiger partial charge in [-0.2, -0.15) is 10.2 Å². The molecule has 0 atom stereocenters. The number of carbonyl (C=O) groups is 5. The Balaban J connectivity index is 0.000000190. The number of rotatable bonds is 9. The smallest absolute Gasteiger partial charge is 0.280 e. The number of benzene rings is 2. The number of nitrogens with one attached hydrogen (secondary N) is 2. The molecule has 6 aromatic rings. The molecule has 8 rings (SSSR count). The molecule has 63 heavy (non-hydrogen) atoms. The Morgan fingerprint density at radius 2 is 1.05 bits per heavy atom. The van der Waals surface area contributed by atoms with E-state index in [4.69, 9.17) is 34.7 Å². The van der Waals surface area contributed by atoms with Crippen LogP contribution in [-0.4, -0.2) is 68.6 Å². The van der Waals surface area contributed by atoms with Crippen LogP contribution in [0, 0.1) is 0 Å². The van der Waals surface area contributed by atoms with Gasteiger partial charge >= 0.3 is 0 Å². The summed E-state index contributed by atoms with van der Waals surface area (Å²) in [7, 11) is 3.38. The Morgan fingerprint density at radius 1 is 0.667 bits per heavy atom. The summed E-state index contributed by atoms with van der Waals surface area (Å²) in [6, 6.07) is 16.3.